The van der Waals surface area contributed by atoms with E-state index in [1.165, 1.54) is 24.3 Å². The van der Waals surface area contributed by atoms with Crippen LogP contribution in [0.5, 0.6) is 0 Å². The van der Waals surface area contributed by atoms with Crippen LogP contribution in [0, 0.1) is 5.82 Å². The fourth-order valence-electron chi connectivity index (χ4n) is 2.45. The number of carbonyl (C=O) groups is 2. The highest BCUT2D eigenvalue weighted by atomic mass is 19.1. The number of anilines is 1. The van der Waals surface area contributed by atoms with E-state index in [4.69, 9.17) is 0 Å². The molecule has 0 spiro atoms. The first-order chi connectivity index (χ1) is 10.9. The number of likely N-dealkylation sites (tertiary alicyclic amines) is 1. The second-order valence-corrected chi connectivity index (χ2v) is 5.97. The van der Waals surface area contributed by atoms with E-state index >= 15 is 0 Å². The highest BCUT2D eigenvalue weighted by Gasteiger charge is 2.24. The number of urea groups is 2. The molecule has 2 rings (SSSR count). The van der Waals surface area contributed by atoms with Crippen molar-refractivity contribution in [2.75, 3.05) is 18.4 Å². The number of benzene rings is 1. The van der Waals surface area contributed by atoms with Crippen LogP contribution in [0.25, 0.3) is 0 Å². The minimum atomic E-state index is -0.344. The van der Waals surface area contributed by atoms with Crippen LogP contribution in [0.4, 0.5) is 19.7 Å². The summed E-state index contributed by atoms with van der Waals surface area (Å²) >= 11 is 0. The summed E-state index contributed by atoms with van der Waals surface area (Å²) in [5.74, 6) is -0.344. The Morgan fingerprint density at radius 3 is 2.35 bits per heavy atom. The van der Waals surface area contributed by atoms with Gasteiger partial charge in [0.1, 0.15) is 5.82 Å². The Balaban J connectivity index is 1.74. The fourth-order valence-corrected chi connectivity index (χ4v) is 2.45. The molecule has 0 bridgehead atoms. The number of nitrogens with one attached hydrogen (secondary N) is 3. The third-order valence-corrected chi connectivity index (χ3v) is 3.63. The van der Waals surface area contributed by atoms with Gasteiger partial charge in [0.05, 0.1) is 0 Å². The molecular weight excluding hydrogens is 299 g/mol. The molecule has 1 aliphatic heterocycles. The zero-order chi connectivity index (χ0) is 16.8. The van der Waals surface area contributed by atoms with Crippen molar-refractivity contribution in [3.05, 3.63) is 30.1 Å². The molecular formula is C16H23FN4O2. The minimum absolute atomic E-state index is 0.0264. The molecule has 1 aromatic carbocycles. The highest BCUT2D eigenvalue weighted by Crippen LogP contribution is 2.12. The lowest BCUT2D eigenvalue weighted by Gasteiger charge is -2.32. The summed E-state index contributed by atoms with van der Waals surface area (Å²) < 4.78 is 12.8. The molecule has 1 aliphatic rings. The van der Waals surface area contributed by atoms with E-state index in [1.807, 2.05) is 13.8 Å². The maximum atomic E-state index is 12.8. The van der Waals surface area contributed by atoms with Crippen LogP contribution >= 0.6 is 0 Å². The zero-order valence-corrected chi connectivity index (χ0v) is 13.4. The smallest absolute Gasteiger partial charge is 0.319 e. The molecule has 1 aromatic rings. The predicted molar refractivity (Wildman–Crippen MR) is 86.8 cm³/mol. The number of nitrogens with zero attached hydrogens (tertiary/aromatic N) is 1. The van der Waals surface area contributed by atoms with Crippen LogP contribution in [-0.2, 0) is 0 Å². The molecule has 0 radical (unpaired) electrons. The quantitative estimate of drug-likeness (QED) is 0.800. The Kier molecular flexibility index (Phi) is 5.78. The summed E-state index contributed by atoms with van der Waals surface area (Å²) in [6.07, 6.45) is 1.42. The van der Waals surface area contributed by atoms with Crippen molar-refractivity contribution in [1.29, 1.82) is 0 Å². The molecule has 0 aliphatic carbocycles. The average Bonchev–Trinajstić information content (AvgIpc) is 2.49. The molecule has 3 N–H and O–H groups in total. The van der Waals surface area contributed by atoms with E-state index < -0.39 is 0 Å². The van der Waals surface area contributed by atoms with Gasteiger partial charge >= 0.3 is 12.1 Å². The summed E-state index contributed by atoms with van der Waals surface area (Å²) in [6.45, 7) is 5.07. The number of piperidine rings is 1. The van der Waals surface area contributed by atoms with Crippen LogP contribution in [0.1, 0.15) is 26.7 Å². The molecule has 0 atom stereocenters. The van der Waals surface area contributed by atoms with Crippen LogP contribution in [-0.4, -0.2) is 42.1 Å². The third kappa shape index (κ3) is 5.43. The number of halogens is 1. The SMILES string of the molecule is CC(C)NC(=O)N1CCC(NC(=O)Nc2ccc(F)cc2)CC1. The van der Waals surface area contributed by atoms with E-state index in [2.05, 4.69) is 16.0 Å². The number of carbonyl (C=O) groups excluding carboxylic acids is 2. The van der Waals surface area contributed by atoms with Crippen LogP contribution in [0.3, 0.4) is 0 Å². The maximum Gasteiger partial charge on any atom is 0.319 e. The molecule has 23 heavy (non-hydrogen) atoms. The van der Waals surface area contributed by atoms with Crippen LogP contribution < -0.4 is 16.0 Å². The Morgan fingerprint density at radius 2 is 1.78 bits per heavy atom. The van der Waals surface area contributed by atoms with E-state index in [9.17, 15) is 14.0 Å². The van der Waals surface area contributed by atoms with Crippen molar-refractivity contribution in [2.45, 2.75) is 38.8 Å². The minimum Gasteiger partial charge on any atom is -0.336 e. The highest BCUT2D eigenvalue weighted by molar-refractivity contribution is 5.89. The maximum absolute atomic E-state index is 12.8. The Morgan fingerprint density at radius 1 is 1.17 bits per heavy atom. The zero-order valence-electron chi connectivity index (χ0n) is 13.4. The summed E-state index contributed by atoms with van der Waals surface area (Å²) in [6, 6.07) is 5.36. The lowest BCUT2D eigenvalue weighted by Crippen LogP contribution is -2.51. The van der Waals surface area contributed by atoms with Crippen molar-refractivity contribution in [2.24, 2.45) is 0 Å². The van der Waals surface area contributed by atoms with Crippen molar-refractivity contribution in [3.63, 3.8) is 0 Å². The Labute approximate surface area is 135 Å². The summed E-state index contributed by atoms with van der Waals surface area (Å²) in [4.78, 5) is 25.6. The fraction of sp³-hybridized carbons (Fsp3) is 0.500. The van der Waals surface area contributed by atoms with Crippen molar-refractivity contribution < 1.29 is 14.0 Å². The van der Waals surface area contributed by atoms with Crippen LogP contribution in [0.15, 0.2) is 24.3 Å². The molecule has 0 aromatic heterocycles. The molecule has 1 saturated heterocycles. The number of hydrogen-bond acceptors (Lipinski definition) is 2. The number of hydrogen-bond donors (Lipinski definition) is 3. The topological polar surface area (TPSA) is 73.5 Å². The summed E-state index contributed by atoms with van der Waals surface area (Å²) in [7, 11) is 0. The molecule has 4 amide bonds. The van der Waals surface area contributed by atoms with Crippen molar-refractivity contribution >= 4 is 17.7 Å². The van der Waals surface area contributed by atoms with E-state index in [0.29, 0.717) is 31.6 Å². The van der Waals surface area contributed by atoms with Crippen molar-refractivity contribution in [1.82, 2.24) is 15.5 Å². The molecule has 1 heterocycles. The second kappa shape index (κ2) is 7.80. The van der Waals surface area contributed by atoms with Gasteiger partial charge in [-0.1, -0.05) is 0 Å². The first-order valence-electron chi connectivity index (χ1n) is 7.82. The third-order valence-electron chi connectivity index (χ3n) is 3.63. The largest absolute Gasteiger partial charge is 0.336 e. The van der Waals surface area contributed by atoms with Crippen molar-refractivity contribution in [3.8, 4) is 0 Å². The van der Waals surface area contributed by atoms with Gasteiger partial charge in [0.2, 0.25) is 0 Å². The van der Waals surface area contributed by atoms with E-state index in [0.717, 1.165) is 0 Å². The van der Waals surface area contributed by atoms with Crippen LogP contribution in [0.2, 0.25) is 0 Å². The van der Waals surface area contributed by atoms with Gasteiger partial charge in [-0.2, -0.15) is 0 Å². The second-order valence-electron chi connectivity index (χ2n) is 5.97. The van der Waals surface area contributed by atoms with Gasteiger partial charge in [0.15, 0.2) is 0 Å². The van der Waals surface area contributed by atoms with Gasteiger partial charge in [-0.25, -0.2) is 14.0 Å². The Bertz CT molecular complexity index is 540. The van der Waals surface area contributed by atoms with E-state index in [-0.39, 0.29) is 30.0 Å². The Hall–Kier alpha value is -2.31. The van der Waals surface area contributed by atoms with Gasteiger partial charge in [0, 0.05) is 30.9 Å². The average molecular weight is 322 g/mol. The van der Waals surface area contributed by atoms with Gasteiger partial charge in [0.25, 0.3) is 0 Å². The first-order valence-corrected chi connectivity index (χ1v) is 7.82. The molecule has 0 unspecified atom stereocenters. The number of amides is 4. The molecule has 1 fully saturated rings. The van der Waals surface area contributed by atoms with E-state index in [1.54, 1.807) is 4.90 Å². The summed E-state index contributed by atoms with van der Waals surface area (Å²) in [5.41, 5.74) is 0.539. The monoisotopic (exact) mass is 322 g/mol. The van der Waals surface area contributed by atoms with Gasteiger partial charge in [-0.3, -0.25) is 0 Å². The number of rotatable bonds is 3. The summed E-state index contributed by atoms with van der Waals surface area (Å²) in [5, 5.41) is 8.41. The lowest BCUT2D eigenvalue weighted by atomic mass is 10.1. The molecule has 0 saturated carbocycles. The lowest BCUT2D eigenvalue weighted by molar-refractivity contribution is 0.175. The predicted octanol–water partition coefficient (Wildman–Crippen LogP) is 2.53. The standard InChI is InChI=1S/C16H23FN4O2/c1-11(2)18-16(23)21-9-7-14(8-10-21)20-15(22)19-13-5-3-12(17)4-6-13/h3-6,11,14H,7-10H2,1-2H3,(H,18,23)(H2,19,20,22). The first kappa shape index (κ1) is 17.1. The molecule has 7 heteroatoms. The van der Waals surface area contributed by atoms with Gasteiger partial charge < -0.3 is 20.9 Å². The van der Waals surface area contributed by atoms with Gasteiger partial charge in [-0.15, -0.1) is 0 Å². The molecule has 6 nitrogen and oxygen atoms in total. The normalized spacial score (nSPS) is 15.4. The molecule has 126 valence electrons. The van der Waals surface area contributed by atoms with Gasteiger partial charge in [-0.05, 0) is 51.0 Å².